The Balaban J connectivity index is 1.10. The number of fused-ring (bicyclic) bond motifs is 11. The number of hydrogen-bond donors (Lipinski definition) is 0. The van der Waals surface area contributed by atoms with Crippen molar-refractivity contribution in [2.45, 2.75) is 19.3 Å². The van der Waals surface area contributed by atoms with Crippen molar-refractivity contribution in [2.24, 2.45) is 0 Å². The fraction of sp³-hybridized carbons (Fsp3) is 0.0469. The summed E-state index contributed by atoms with van der Waals surface area (Å²) in [5.74, 6) is 1.78. The summed E-state index contributed by atoms with van der Waals surface area (Å²) in [4.78, 5) is 16.1. The fourth-order valence-corrected chi connectivity index (χ4v) is 11.3. The van der Waals surface area contributed by atoms with Crippen LogP contribution in [0.3, 0.4) is 0 Å². The van der Waals surface area contributed by atoms with E-state index in [9.17, 15) is 0 Å². The standard InChI is InChI=1S/C64H43N5/c1-64(2)54-26-14-11-23-48(54)53-38-47(46-34-31-41-19-9-10-22-45(41)37-46)39-57(58(53)64)68-55-27-15-12-24-49(55)51-35-36-52-50-25-13-16-28-56(50)69(60(52)59(51)68)63-66-61(43-20-7-4-8-21-43)65-62(67-63)44-32-29-42(30-33-44)40-17-5-3-6-18-40/h3-39H,1-2H3. The molecule has 13 aromatic rings. The molecule has 5 heteroatoms. The number of hydrogen-bond acceptors (Lipinski definition) is 3. The van der Waals surface area contributed by atoms with Crippen LogP contribution in [0.4, 0.5) is 0 Å². The van der Waals surface area contributed by atoms with Crippen LogP contribution in [0.2, 0.25) is 0 Å². The summed E-state index contributed by atoms with van der Waals surface area (Å²) in [6.45, 7) is 4.78. The van der Waals surface area contributed by atoms with Gasteiger partial charge in [0.25, 0.3) is 0 Å². The molecule has 0 atom stereocenters. The van der Waals surface area contributed by atoms with Crippen molar-refractivity contribution in [1.82, 2.24) is 24.1 Å². The van der Waals surface area contributed by atoms with Crippen LogP contribution in [-0.2, 0) is 5.41 Å². The number of aromatic nitrogens is 5. The van der Waals surface area contributed by atoms with E-state index in [4.69, 9.17) is 15.0 Å². The van der Waals surface area contributed by atoms with Gasteiger partial charge in [-0.1, -0.05) is 208 Å². The highest BCUT2D eigenvalue weighted by molar-refractivity contribution is 6.24. The SMILES string of the molecule is CC1(C)c2ccccc2-c2cc(-c3ccc4ccccc4c3)cc(-n3c4ccccc4c4ccc5c6ccccc6n(-c6nc(-c7ccccc7)nc(-c7ccc(-c8ccccc8)cc7)n6)c5c43)c21. The first-order valence-electron chi connectivity index (χ1n) is 23.7. The summed E-state index contributed by atoms with van der Waals surface area (Å²) < 4.78 is 4.85. The number of para-hydroxylation sites is 2. The molecule has 10 aromatic carbocycles. The molecule has 0 unspecified atom stereocenters. The lowest BCUT2D eigenvalue weighted by molar-refractivity contribution is 0.657. The van der Waals surface area contributed by atoms with Crippen molar-refractivity contribution in [1.29, 1.82) is 0 Å². The number of benzene rings is 10. The van der Waals surface area contributed by atoms with Crippen LogP contribution in [0.15, 0.2) is 224 Å². The molecule has 0 amide bonds. The average molecular weight is 882 g/mol. The van der Waals surface area contributed by atoms with E-state index < -0.39 is 0 Å². The Morgan fingerprint density at radius 1 is 0.348 bits per heavy atom. The Kier molecular flexibility index (Phi) is 8.56. The van der Waals surface area contributed by atoms with Gasteiger partial charge in [-0.3, -0.25) is 4.57 Å². The molecule has 0 N–H and O–H groups in total. The Hall–Kier alpha value is -8.93. The first-order chi connectivity index (χ1) is 34.0. The zero-order valence-electron chi connectivity index (χ0n) is 38.1. The third-order valence-corrected chi connectivity index (χ3v) is 14.5. The minimum absolute atomic E-state index is 0.300. The highest BCUT2D eigenvalue weighted by atomic mass is 15.2. The zero-order valence-corrected chi connectivity index (χ0v) is 38.1. The van der Waals surface area contributed by atoms with Crippen LogP contribution in [0.1, 0.15) is 25.0 Å². The Labute approximate surface area is 399 Å². The monoisotopic (exact) mass is 881 g/mol. The molecule has 324 valence electrons. The van der Waals surface area contributed by atoms with Crippen molar-refractivity contribution >= 4 is 54.4 Å². The summed E-state index contributed by atoms with van der Waals surface area (Å²) in [5, 5.41) is 7.05. The molecule has 0 bridgehead atoms. The Morgan fingerprint density at radius 3 is 1.58 bits per heavy atom. The van der Waals surface area contributed by atoms with Crippen LogP contribution in [-0.4, -0.2) is 24.1 Å². The average Bonchev–Trinajstić information content (AvgIpc) is 4.02. The van der Waals surface area contributed by atoms with Gasteiger partial charge in [-0.05, 0) is 85.6 Å². The largest absolute Gasteiger partial charge is 0.307 e. The molecule has 0 spiro atoms. The highest BCUT2D eigenvalue weighted by Gasteiger charge is 2.39. The first kappa shape index (κ1) is 39.3. The summed E-state index contributed by atoms with van der Waals surface area (Å²) in [6.07, 6.45) is 0. The molecular formula is C64H43N5. The Morgan fingerprint density at radius 2 is 0.870 bits per heavy atom. The van der Waals surface area contributed by atoms with E-state index in [0.717, 1.165) is 66.2 Å². The van der Waals surface area contributed by atoms with Gasteiger partial charge in [0.1, 0.15) is 0 Å². The third kappa shape index (κ3) is 6.00. The molecule has 14 rings (SSSR count). The molecular weight excluding hydrogens is 839 g/mol. The molecule has 0 saturated heterocycles. The molecule has 69 heavy (non-hydrogen) atoms. The topological polar surface area (TPSA) is 48.5 Å². The molecule has 1 aliphatic carbocycles. The predicted molar refractivity (Wildman–Crippen MR) is 285 cm³/mol. The van der Waals surface area contributed by atoms with Gasteiger partial charge in [-0.25, -0.2) is 4.98 Å². The van der Waals surface area contributed by atoms with Gasteiger partial charge in [0.15, 0.2) is 11.6 Å². The van der Waals surface area contributed by atoms with E-state index in [2.05, 4.69) is 223 Å². The summed E-state index contributed by atoms with van der Waals surface area (Å²) in [5.41, 5.74) is 16.8. The van der Waals surface area contributed by atoms with Crippen molar-refractivity contribution in [3.63, 3.8) is 0 Å². The van der Waals surface area contributed by atoms with Crippen LogP contribution in [0, 0.1) is 0 Å². The maximum absolute atomic E-state index is 5.46. The van der Waals surface area contributed by atoms with Crippen LogP contribution >= 0.6 is 0 Å². The van der Waals surface area contributed by atoms with Crippen molar-refractivity contribution in [3.05, 3.63) is 236 Å². The lowest BCUT2D eigenvalue weighted by Gasteiger charge is -2.26. The number of nitrogens with zero attached hydrogens (tertiary/aromatic N) is 5. The number of rotatable bonds is 6. The third-order valence-electron chi connectivity index (χ3n) is 14.5. The molecule has 3 heterocycles. The van der Waals surface area contributed by atoms with Gasteiger partial charge in [-0.15, -0.1) is 0 Å². The first-order valence-corrected chi connectivity index (χ1v) is 23.7. The second kappa shape index (κ2) is 15.0. The summed E-state index contributed by atoms with van der Waals surface area (Å²) >= 11 is 0. The highest BCUT2D eigenvalue weighted by Crippen LogP contribution is 2.54. The summed E-state index contributed by atoms with van der Waals surface area (Å²) in [7, 11) is 0. The molecule has 0 saturated carbocycles. The minimum atomic E-state index is -0.300. The minimum Gasteiger partial charge on any atom is -0.307 e. The maximum Gasteiger partial charge on any atom is 0.238 e. The van der Waals surface area contributed by atoms with E-state index in [1.165, 1.54) is 49.5 Å². The lowest BCUT2D eigenvalue weighted by Crippen LogP contribution is -2.18. The van der Waals surface area contributed by atoms with Crippen molar-refractivity contribution < 1.29 is 0 Å². The molecule has 0 fully saturated rings. The van der Waals surface area contributed by atoms with Gasteiger partial charge in [0.2, 0.25) is 5.95 Å². The van der Waals surface area contributed by atoms with Crippen molar-refractivity contribution in [2.75, 3.05) is 0 Å². The Bertz CT molecular complexity index is 4200. The second-order valence-corrected chi connectivity index (χ2v) is 18.8. The van der Waals surface area contributed by atoms with E-state index in [1.54, 1.807) is 0 Å². The lowest BCUT2D eigenvalue weighted by atomic mass is 9.81. The molecule has 5 nitrogen and oxygen atoms in total. The smallest absolute Gasteiger partial charge is 0.238 e. The predicted octanol–water partition coefficient (Wildman–Crippen LogP) is 16.2. The van der Waals surface area contributed by atoms with Gasteiger partial charge in [-0.2, -0.15) is 9.97 Å². The van der Waals surface area contributed by atoms with Gasteiger partial charge >= 0.3 is 0 Å². The van der Waals surface area contributed by atoms with Gasteiger partial charge < -0.3 is 4.57 Å². The van der Waals surface area contributed by atoms with E-state index in [-0.39, 0.29) is 5.41 Å². The van der Waals surface area contributed by atoms with E-state index >= 15 is 0 Å². The zero-order chi connectivity index (χ0) is 45.8. The van der Waals surface area contributed by atoms with Gasteiger partial charge in [0.05, 0.1) is 27.8 Å². The molecule has 1 aliphatic rings. The summed E-state index contributed by atoms with van der Waals surface area (Å²) in [6, 6.07) is 80.9. The van der Waals surface area contributed by atoms with E-state index in [0.29, 0.717) is 17.6 Å². The molecule has 0 radical (unpaired) electrons. The quantitative estimate of drug-likeness (QED) is 0.167. The molecule has 3 aromatic heterocycles. The van der Waals surface area contributed by atoms with Crippen molar-refractivity contribution in [3.8, 4) is 67.8 Å². The fourth-order valence-electron chi connectivity index (χ4n) is 11.3. The molecule has 0 aliphatic heterocycles. The van der Waals surface area contributed by atoms with Crippen LogP contribution < -0.4 is 0 Å². The van der Waals surface area contributed by atoms with E-state index in [1.807, 2.05) is 24.3 Å². The second-order valence-electron chi connectivity index (χ2n) is 18.8. The van der Waals surface area contributed by atoms with Crippen LogP contribution in [0.25, 0.3) is 122 Å². The van der Waals surface area contributed by atoms with Gasteiger partial charge in [0, 0.05) is 38.1 Å². The van der Waals surface area contributed by atoms with Crippen LogP contribution in [0.5, 0.6) is 0 Å². The normalized spacial score (nSPS) is 12.9. The maximum atomic E-state index is 5.46.